The van der Waals surface area contributed by atoms with Gasteiger partial charge in [0.25, 0.3) is 0 Å². The number of halogens is 3. The first-order valence-electron chi connectivity index (χ1n) is 8.03. The van der Waals surface area contributed by atoms with Gasteiger partial charge in [0.05, 0.1) is 22.5 Å². The van der Waals surface area contributed by atoms with Crippen LogP contribution in [0.15, 0.2) is 53.9 Å². The van der Waals surface area contributed by atoms with E-state index < -0.39 is 22.5 Å². The fourth-order valence-electron chi connectivity index (χ4n) is 2.58. The van der Waals surface area contributed by atoms with Gasteiger partial charge in [-0.15, -0.1) is 0 Å². The van der Waals surface area contributed by atoms with Crippen molar-refractivity contribution in [1.29, 1.82) is 0 Å². The van der Waals surface area contributed by atoms with E-state index in [1.54, 1.807) is 6.07 Å². The average molecular weight is 442 g/mol. The highest BCUT2D eigenvalue weighted by Gasteiger charge is 2.19. The van der Waals surface area contributed by atoms with Gasteiger partial charge in [-0.1, -0.05) is 17.7 Å². The lowest BCUT2D eigenvalue weighted by atomic mass is 10.1. The summed E-state index contributed by atoms with van der Waals surface area (Å²) in [5.74, 6) is -0.447. The molecule has 0 unspecified atom stereocenters. The van der Waals surface area contributed by atoms with Crippen molar-refractivity contribution in [3.05, 3.63) is 59.6 Å². The Morgan fingerprint density at radius 1 is 1.28 bits per heavy atom. The minimum atomic E-state index is -4.22. The summed E-state index contributed by atoms with van der Waals surface area (Å²) in [7, 11) is -4.22. The van der Waals surface area contributed by atoms with Crippen molar-refractivity contribution in [2.75, 3.05) is 5.32 Å². The first-order chi connectivity index (χ1) is 13.6. The lowest BCUT2D eigenvalue weighted by Crippen LogP contribution is -2.17. The number of amides is 1. The number of benzene rings is 1. The maximum atomic E-state index is 12.7. The molecule has 0 spiro atoms. The van der Waals surface area contributed by atoms with Crippen LogP contribution >= 0.6 is 11.6 Å². The first kappa shape index (κ1) is 20.8. The second kappa shape index (κ2) is 8.23. The molecule has 0 aliphatic carbocycles. The van der Waals surface area contributed by atoms with Gasteiger partial charge in [0.15, 0.2) is 0 Å². The zero-order chi connectivity index (χ0) is 21.2. The Morgan fingerprint density at radius 3 is 2.66 bits per heavy atom. The van der Waals surface area contributed by atoms with Crippen molar-refractivity contribution < 1.29 is 22.0 Å². The van der Waals surface area contributed by atoms with E-state index in [-0.39, 0.29) is 28.1 Å². The van der Waals surface area contributed by atoms with Gasteiger partial charge in [-0.3, -0.25) is 9.78 Å². The van der Waals surface area contributed by atoms with Gasteiger partial charge in [-0.2, -0.15) is 13.9 Å². The number of primary sulfonamides is 1. The molecule has 0 radical (unpaired) electrons. The molecule has 0 saturated carbocycles. The third kappa shape index (κ3) is 4.94. The number of pyridine rings is 1. The molecule has 1 aromatic carbocycles. The van der Waals surface area contributed by atoms with Crippen molar-refractivity contribution in [2.24, 2.45) is 5.14 Å². The summed E-state index contributed by atoms with van der Waals surface area (Å²) in [6.07, 6.45) is 4.92. The lowest BCUT2D eigenvalue weighted by molar-refractivity contribution is -0.115. The molecular formula is C17H14ClF2N5O3S. The monoisotopic (exact) mass is 441 g/mol. The summed E-state index contributed by atoms with van der Waals surface area (Å²) < 4.78 is 49.9. The molecule has 8 nitrogen and oxygen atoms in total. The van der Waals surface area contributed by atoms with Crippen LogP contribution in [0.4, 0.5) is 14.5 Å². The van der Waals surface area contributed by atoms with Crippen LogP contribution in [0.3, 0.4) is 0 Å². The molecule has 0 fully saturated rings. The van der Waals surface area contributed by atoms with Crippen LogP contribution in [0.25, 0.3) is 11.1 Å². The number of hydrogen-bond donors (Lipinski definition) is 2. The standard InChI is InChI=1S/C17H14ClF2N5O3S/c18-14-8-22-4-3-10(14)5-16(26)24-12-1-2-13(15(6-12)29(21,27)28)11-7-23-25(9-11)17(19)20/h1-4,6-9,17H,5H2,(H,24,26)(H2,21,27,28). The Morgan fingerprint density at radius 2 is 2.03 bits per heavy atom. The molecule has 3 rings (SSSR count). The van der Waals surface area contributed by atoms with E-state index >= 15 is 0 Å². The van der Waals surface area contributed by atoms with E-state index in [0.29, 0.717) is 15.3 Å². The number of carbonyl (C=O) groups excluding carboxylic acids is 1. The van der Waals surface area contributed by atoms with Gasteiger partial charge in [0.2, 0.25) is 15.9 Å². The molecule has 3 aromatic rings. The largest absolute Gasteiger partial charge is 0.333 e. The number of carbonyl (C=O) groups is 1. The normalized spacial score (nSPS) is 11.6. The second-order valence-electron chi connectivity index (χ2n) is 5.93. The Bertz CT molecular complexity index is 1170. The van der Waals surface area contributed by atoms with Crippen LogP contribution in [-0.4, -0.2) is 29.1 Å². The van der Waals surface area contributed by atoms with Crippen LogP contribution in [-0.2, 0) is 21.2 Å². The highest BCUT2D eigenvalue weighted by atomic mass is 35.5. The zero-order valence-corrected chi connectivity index (χ0v) is 16.2. The molecule has 2 heterocycles. The fraction of sp³-hybridized carbons (Fsp3) is 0.118. The van der Waals surface area contributed by atoms with Gasteiger partial charge in [0, 0.05) is 35.4 Å². The number of nitrogens with two attached hydrogens (primary N) is 1. The van der Waals surface area contributed by atoms with Gasteiger partial charge in [0.1, 0.15) is 0 Å². The van der Waals surface area contributed by atoms with Crippen molar-refractivity contribution in [3.63, 3.8) is 0 Å². The summed E-state index contributed by atoms with van der Waals surface area (Å²) >= 11 is 5.97. The van der Waals surface area contributed by atoms with Gasteiger partial charge in [-0.05, 0) is 23.8 Å². The van der Waals surface area contributed by atoms with Crippen LogP contribution in [0.1, 0.15) is 12.1 Å². The summed E-state index contributed by atoms with van der Waals surface area (Å²) in [6, 6.07) is 5.51. The van der Waals surface area contributed by atoms with Crippen molar-refractivity contribution in [2.45, 2.75) is 17.9 Å². The maximum Gasteiger partial charge on any atom is 0.333 e. The van der Waals surface area contributed by atoms with E-state index in [2.05, 4.69) is 15.4 Å². The summed E-state index contributed by atoms with van der Waals surface area (Å²) in [6.45, 7) is -2.87. The Kier molecular flexibility index (Phi) is 5.91. The van der Waals surface area contributed by atoms with E-state index in [9.17, 15) is 22.0 Å². The predicted molar refractivity (Wildman–Crippen MR) is 102 cm³/mol. The molecule has 1 amide bonds. The van der Waals surface area contributed by atoms with Crippen molar-refractivity contribution >= 4 is 33.2 Å². The summed E-state index contributed by atoms with van der Waals surface area (Å²) in [5, 5.41) is 11.6. The Balaban J connectivity index is 1.89. The van der Waals surface area contributed by atoms with Crippen molar-refractivity contribution in [3.8, 4) is 11.1 Å². The minimum Gasteiger partial charge on any atom is -0.326 e. The minimum absolute atomic E-state index is 0.0605. The molecule has 29 heavy (non-hydrogen) atoms. The Labute approximate surface area is 169 Å². The number of alkyl halides is 2. The quantitative estimate of drug-likeness (QED) is 0.609. The molecular weight excluding hydrogens is 428 g/mol. The number of anilines is 1. The Hall–Kier alpha value is -2.89. The molecule has 12 heteroatoms. The molecule has 2 aromatic heterocycles. The van der Waals surface area contributed by atoms with Crippen molar-refractivity contribution in [1.82, 2.24) is 14.8 Å². The van der Waals surface area contributed by atoms with Gasteiger partial charge in [-0.25, -0.2) is 18.2 Å². The van der Waals surface area contributed by atoms with E-state index in [1.807, 2.05) is 0 Å². The van der Waals surface area contributed by atoms with Crippen LogP contribution in [0.2, 0.25) is 5.02 Å². The first-order valence-corrected chi connectivity index (χ1v) is 9.95. The smallest absolute Gasteiger partial charge is 0.326 e. The van der Waals surface area contributed by atoms with E-state index in [4.69, 9.17) is 16.7 Å². The number of nitrogens with one attached hydrogen (secondary N) is 1. The number of rotatable bonds is 6. The maximum absolute atomic E-state index is 12.7. The third-order valence-electron chi connectivity index (χ3n) is 3.89. The SMILES string of the molecule is NS(=O)(=O)c1cc(NC(=O)Cc2ccncc2Cl)ccc1-c1cnn(C(F)F)c1. The number of hydrogen-bond acceptors (Lipinski definition) is 5. The van der Waals surface area contributed by atoms with Crippen LogP contribution in [0, 0.1) is 0 Å². The molecule has 0 atom stereocenters. The summed E-state index contributed by atoms with van der Waals surface area (Å²) in [4.78, 5) is 15.7. The molecule has 0 saturated heterocycles. The predicted octanol–water partition coefficient (Wildman–Crippen LogP) is 2.82. The molecule has 0 aliphatic rings. The van der Waals surface area contributed by atoms with Crippen LogP contribution < -0.4 is 10.5 Å². The molecule has 0 aliphatic heterocycles. The zero-order valence-electron chi connectivity index (χ0n) is 14.6. The molecule has 3 N–H and O–H groups in total. The second-order valence-corrected chi connectivity index (χ2v) is 7.87. The number of nitrogens with zero attached hydrogens (tertiary/aromatic N) is 3. The van der Waals surface area contributed by atoms with Gasteiger partial charge < -0.3 is 5.32 Å². The average Bonchev–Trinajstić information content (AvgIpc) is 3.13. The summed E-state index contributed by atoms with van der Waals surface area (Å²) in [5.41, 5.74) is 0.918. The lowest BCUT2D eigenvalue weighted by Gasteiger charge is -2.11. The van der Waals surface area contributed by atoms with Gasteiger partial charge >= 0.3 is 6.55 Å². The van der Waals surface area contributed by atoms with Crippen LogP contribution in [0.5, 0.6) is 0 Å². The molecule has 0 bridgehead atoms. The topological polar surface area (TPSA) is 120 Å². The van der Waals surface area contributed by atoms with E-state index in [0.717, 1.165) is 18.5 Å². The number of aromatic nitrogens is 3. The number of sulfonamides is 1. The fourth-order valence-corrected chi connectivity index (χ4v) is 3.55. The molecule has 152 valence electrons. The highest BCUT2D eigenvalue weighted by molar-refractivity contribution is 7.89. The van der Waals surface area contributed by atoms with E-state index in [1.165, 1.54) is 24.5 Å². The third-order valence-corrected chi connectivity index (χ3v) is 5.18. The highest BCUT2D eigenvalue weighted by Crippen LogP contribution is 2.30.